The van der Waals surface area contributed by atoms with E-state index in [1.165, 1.54) is 11.9 Å². The Morgan fingerprint density at radius 2 is 1.84 bits per heavy atom. The zero-order valence-electron chi connectivity index (χ0n) is 18.1. The minimum atomic E-state index is -0.198. The van der Waals surface area contributed by atoms with Crippen LogP contribution in [0.1, 0.15) is 47.8 Å². The van der Waals surface area contributed by atoms with E-state index in [4.69, 9.17) is 0 Å². The van der Waals surface area contributed by atoms with Crippen molar-refractivity contribution in [2.75, 3.05) is 5.32 Å². The van der Waals surface area contributed by atoms with Crippen molar-refractivity contribution in [1.29, 1.82) is 0 Å². The highest BCUT2D eigenvalue weighted by Crippen LogP contribution is 2.23. The lowest BCUT2D eigenvalue weighted by Crippen LogP contribution is -2.17. The summed E-state index contributed by atoms with van der Waals surface area (Å²) < 4.78 is 3.35. The third-order valence-electron chi connectivity index (χ3n) is 5.17. The molecule has 0 aliphatic rings. The first kappa shape index (κ1) is 20.5. The molecule has 0 saturated carbocycles. The van der Waals surface area contributed by atoms with Gasteiger partial charge >= 0.3 is 0 Å². The van der Waals surface area contributed by atoms with Crippen LogP contribution in [0.15, 0.2) is 61.1 Å². The summed E-state index contributed by atoms with van der Waals surface area (Å²) in [5.41, 5.74) is 4.79. The highest BCUT2D eigenvalue weighted by molar-refractivity contribution is 6.04. The molecule has 0 unspecified atom stereocenters. The minimum absolute atomic E-state index is 0.113. The Balaban J connectivity index is 1.48. The van der Waals surface area contributed by atoms with Crippen LogP contribution in [0.3, 0.4) is 0 Å². The molecule has 2 aromatic heterocycles. The number of aromatic nitrogens is 6. The summed E-state index contributed by atoms with van der Waals surface area (Å²) >= 11 is 0. The molecule has 1 N–H and O–H groups in total. The monoisotopic (exact) mass is 415 g/mol. The molecule has 8 nitrogen and oxygen atoms in total. The normalized spacial score (nSPS) is 11.5. The van der Waals surface area contributed by atoms with E-state index in [1.54, 1.807) is 27.7 Å². The number of carbonyl (C=O) groups excluding carboxylic acids is 1. The number of hydrogen-bond acceptors (Lipinski definition) is 5. The number of benzene rings is 2. The number of amides is 1. The maximum Gasteiger partial charge on any atom is 0.256 e. The standard InChI is InChI=1S/C23H25N7O/c1-16-13-18(7-10-20(16)30-15-24-27-28-30)22(31)26-21-11-12-25-29(21)14-17-5-8-19(9-6-17)23(2,3)4/h5-13,15H,14H2,1-4H3,(H,26,31). The summed E-state index contributed by atoms with van der Waals surface area (Å²) in [6.45, 7) is 9.07. The van der Waals surface area contributed by atoms with Crippen LogP contribution in [0.4, 0.5) is 5.82 Å². The Morgan fingerprint density at radius 1 is 1.06 bits per heavy atom. The fourth-order valence-electron chi connectivity index (χ4n) is 3.36. The molecule has 0 fully saturated rings. The lowest BCUT2D eigenvalue weighted by molar-refractivity contribution is 0.102. The molecule has 1 amide bonds. The van der Waals surface area contributed by atoms with Gasteiger partial charge in [-0.3, -0.25) is 4.79 Å². The fraction of sp³-hybridized carbons (Fsp3) is 0.261. The van der Waals surface area contributed by atoms with Gasteiger partial charge in [0.1, 0.15) is 12.1 Å². The van der Waals surface area contributed by atoms with Crippen molar-refractivity contribution < 1.29 is 4.79 Å². The van der Waals surface area contributed by atoms with Crippen LogP contribution in [0, 0.1) is 6.92 Å². The number of nitrogens with one attached hydrogen (secondary N) is 1. The molecule has 0 saturated heterocycles. The summed E-state index contributed by atoms with van der Waals surface area (Å²) in [6, 6.07) is 15.7. The number of aryl methyl sites for hydroxylation is 1. The molecule has 4 rings (SSSR count). The van der Waals surface area contributed by atoms with E-state index < -0.39 is 0 Å². The molecule has 2 heterocycles. The molecule has 4 aromatic rings. The van der Waals surface area contributed by atoms with Gasteiger partial charge in [0.05, 0.1) is 18.4 Å². The second kappa shape index (κ2) is 8.14. The van der Waals surface area contributed by atoms with E-state index in [0.29, 0.717) is 17.9 Å². The van der Waals surface area contributed by atoms with Crippen LogP contribution >= 0.6 is 0 Å². The van der Waals surface area contributed by atoms with Crippen molar-refractivity contribution in [3.63, 3.8) is 0 Å². The third kappa shape index (κ3) is 4.53. The molecule has 158 valence electrons. The van der Waals surface area contributed by atoms with Crippen molar-refractivity contribution in [2.45, 2.75) is 39.7 Å². The molecule has 31 heavy (non-hydrogen) atoms. The van der Waals surface area contributed by atoms with Crippen LogP contribution in [-0.2, 0) is 12.0 Å². The van der Waals surface area contributed by atoms with E-state index in [2.05, 4.69) is 71.0 Å². The van der Waals surface area contributed by atoms with E-state index >= 15 is 0 Å². The summed E-state index contributed by atoms with van der Waals surface area (Å²) in [7, 11) is 0. The zero-order valence-corrected chi connectivity index (χ0v) is 18.1. The largest absolute Gasteiger partial charge is 0.307 e. The van der Waals surface area contributed by atoms with E-state index in [9.17, 15) is 4.79 Å². The van der Waals surface area contributed by atoms with Gasteiger partial charge in [-0.15, -0.1) is 5.10 Å². The molecule has 0 atom stereocenters. The van der Waals surface area contributed by atoms with Crippen molar-refractivity contribution in [1.82, 2.24) is 30.0 Å². The van der Waals surface area contributed by atoms with Gasteiger partial charge in [-0.05, 0) is 57.7 Å². The van der Waals surface area contributed by atoms with E-state index in [0.717, 1.165) is 16.8 Å². The Labute approximate surface area is 180 Å². The number of nitrogens with zero attached hydrogens (tertiary/aromatic N) is 6. The molecule has 0 radical (unpaired) electrons. The van der Waals surface area contributed by atoms with Gasteiger partial charge in [0.15, 0.2) is 0 Å². The summed E-state index contributed by atoms with van der Waals surface area (Å²) in [5.74, 6) is 0.447. The first-order chi connectivity index (χ1) is 14.8. The van der Waals surface area contributed by atoms with Crippen molar-refractivity contribution in [3.8, 4) is 5.69 Å². The SMILES string of the molecule is Cc1cc(C(=O)Nc2ccnn2Cc2ccc(C(C)(C)C)cc2)ccc1-n1cnnn1. The molecule has 2 aromatic carbocycles. The lowest BCUT2D eigenvalue weighted by atomic mass is 9.87. The number of tetrazole rings is 1. The van der Waals surface area contributed by atoms with Crippen molar-refractivity contribution >= 4 is 11.7 Å². The summed E-state index contributed by atoms with van der Waals surface area (Å²) in [6.07, 6.45) is 3.21. The maximum atomic E-state index is 12.8. The highest BCUT2D eigenvalue weighted by Gasteiger charge is 2.14. The van der Waals surface area contributed by atoms with Crippen LogP contribution in [0.25, 0.3) is 5.69 Å². The van der Waals surface area contributed by atoms with Gasteiger partial charge in [0, 0.05) is 11.6 Å². The third-order valence-corrected chi connectivity index (χ3v) is 5.17. The van der Waals surface area contributed by atoms with E-state index in [1.807, 2.05) is 19.1 Å². The van der Waals surface area contributed by atoms with Gasteiger partial charge in [-0.25, -0.2) is 9.36 Å². The molecule has 0 spiro atoms. The number of anilines is 1. The van der Waals surface area contributed by atoms with Crippen LogP contribution < -0.4 is 5.32 Å². The first-order valence-electron chi connectivity index (χ1n) is 10.1. The average Bonchev–Trinajstić information content (AvgIpc) is 3.40. The van der Waals surface area contributed by atoms with Gasteiger partial charge in [0.2, 0.25) is 0 Å². The highest BCUT2D eigenvalue weighted by atomic mass is 16.1. The van der Waals surface area contributed by atoms with Crippen LogP contribution in [0.2, 0.25) is 0 Å². The second-order valence-electron chi connectivity index (χ2n) is 8.53. The minimum Gasteiger partial charge on any atom is -0.307 e. The Hall–Kier alpha value is -3.81. The van der Waals surface area contributed by atoms with Crippen LogP contribution in [0.5, 0.6) is 0 Å². The van der Waals surface area contributed by atoms with Crippen LogP contribution in [-0.4, -0.2) is 35.9 Å². The quantitative estimate of drug-likeness (QED) is 0.536. The van der Waals surface area contributed by atoms with E-state index in [-0.39, 0.29) is 11.3 Å². The van der Waals surface area contributed by atoms with Crippen molar-refractivity contribution in [2.24, 2.45) is 0 Å². The molecule has 0 bridgehead atoms. The molecular weight excluding hydrogens is 390 g/mol. The summed E-state index contributed by atoms with van der Waals surface area (Å²) in [4.78, 5) is 12.8. The molecule has 0 aliphatic heterocycles. The second-order valence-corrected chi connectivity index (χ2v) is 8.53. The fourth-order valence-corrected chi connectivity index (χ4v) is 3.36. The molecular formula is C23H25N7O. The smallest absolute Gasteiger partial charge is 0.256 e. The Kier molecular flexibility index (Phi) is 5.37. The Bertz CT molecular complexity index is 1190. The first-order valence-corrected chi connectivity index (χ1v) is 10.1. The number of rotatable bonds is 5. The molecule has 0 aliphatic carbocycles. The number of carbonyl (C=O) groups is 1. The maximum absolute atomic E-state index is 12.8. The predicted molar refractivity (Wildman–Crippen MR) is 118 cm³/mol. The van der Waals surface area contributed by atoms with Crippen molar-refractivity contribution in [3.05, 3.63) is 83.3 Å². The Morgan fingerprint density at radius 3 is 2.48 bits per heavy atom. The number of hydrogen-bond donors (Lipinski definition) is 1. The van der Waals surface area contributed by atoms with Gasteiger partial charge in [0.25, 0.3) is 5.91 Å². The zero-order chi connectivity index (χ0) is 22.0. The van der Waals surface area contributed by atoms with Gasteiger partial charge < -0.3 is 5.32 Å². The topological polar surface area (TPSA) is 90.5 Å². The van der Waals surface area contributed by atoms with Gasteiger partial charge in [-0.1, -0.05) is 45.0 Å². The average molecular weight is 416 g/mol. The predicted octanol–water partition coefficient (Wildman–Crippen LogP) is 3.77. The lowest BCUT2D eigenvalue weighted by Gasteiger charge is -2.19. The van der Waals surface area contributed by atoms with Gasteiger partial charge in [-0.2, -0.15) is 5.10 Å². The summed E-state index contributed by atoms with van der Waals surface area (Å²) in [5, 5.41) is 18.5. The molecule has 8 heteroatoms.